The van der Waals surface area contributed by atoms with Crippen LogP contribution in [0.4, 0.5) is 0 Å². The number of nitrogens with zero attached hydrogens (tertiary/aromatic N) is 1. The predicted molar refractivity (Wildman–Crippen MR) is 115 cm³/mol. The van der Waals surface area contributed by atoms with Crippen molar-refractivity contribution in [1.82, 2.24) is 10.2 Å². The number of amides is 3. The zero-order valence-electron chi connectivity index (χ0n) is 18.0. The van der Waals surface area contributed by atoms with Crippen LogP contribution in [0.2, 0.25) is 0 Å². The van der Waals surface area contributed by atoms with Gasteiger partial charge in [-0.2, -0.15) is 0 Å². The van der Waals surface area contributed by atoms with Crippen molar-refractivity contribution >= 4 is 23.7 Å². The van der Waals surface area contributed by atoms with E-state index in [1.54, 1.807) is 0 Å². The molecule has 3 amide bonds. The largest absolute Gasteiger partial charge is 0.480 e. The Balaban J connectivity index is 2.25. The Kier molecular flexibility index (Phi) is 8.56. The number of nitrogens with one attached hydrogen (secondary N) is 1. The molecule has 6 N–H and O–H groups in total. The SMILES string of the molecule is CC(C)C[C@H](N)C(=O)N[C@@H](Cc1ccccc1)C(=O)N1CC[C@H](CC(N)=O)[C@H]1C(=O)O. The van der Waals surface area contributed by atoms with Crippen molar-refractivity contribution in [2.24, 2.45) is 23.3 Å². The molecule has 9 heteroatoms. The number of nitrogens with two attached hydrogens (primary N) is 2. The predicted octanol–water partition coefficient (Wildman–Crippen LogP) is 0.264. The maximum Gasteiger partial charge on any atom is 0.326 e. The Labute approximate surface area is 182 Å². The number of hydrogen-bond donors (Lipinski definition) is 4. The summed E-state index contributed by atoms with van der Waals surface area (Å²) in [7, 11) is 0. The normalized spacial score (nSPS) is 20.3. The fourth-order valence-electron chi connectivity index (χ4n) is 4.05. The van der Waals surface area contributed by atoms with Gasteiger partial charge in [0.15, 0.2) is 0 Å². The molecule has 2 rings (SSSR count). The smallest absolute Gasteiger partial charge is 0.326 e. The van der Waals surface area contributed by atoms with Gasteiger partial charge in [0, 0.05) is 25.3 Å². The Bertz CT molecular complexity index is 798. The topological polar surface area (TPSA) is 156 Å². The lowest BCUT2D eigenvalue weighted by Gasteiger charge is -2.29. The van der Waals surface area contributed by atoms with Crippen molar-refractivity contribution in [2.75, 3.05) is 6.54 Å². The second kappa shape index (κ2) is 10.9. The summed E-state index contributed by atoms with van der Waals surface area (Å²) in [4.78, 5) is 50.5. The number of likely N-dealkylation sites (tertiary alicyclic amines) is 1. The summed E-state index contributed by atoms with van der Waals surface area (Å²) in [5.41, 5.74) is 12.1. The van der Waals surface area contributed by atoms with Gasteiger partial charge < -0.3 is 26.8 Å². The van der Waals surface area contributed by atoms with Crippen LogP contribution in [-0.2, 0) is 25.6 Å². The highest BCUT2D eigenvalue weighted by atomic mass is 16.4. The molecule has 1 aromatic rings. The minimum absolute atomic E-state index is 0.115. The molecule has 0 aromatic heterocycles. The molecule has 0 unspecified atom stereocenters. The number of carboxylic acids is 1. The number of carbonyl (C=O) groups excluding carboxylic acids is 3. The third-order valence-corrected chi connectivity index (χ3v) is 5.48. The average molecular weight is 433 g/mol. The van der Waals surface area contributed by atoms with Crippen LogP contribution >= 0.6 is 0 Å². The molecule has 170 valence electrons. The maximum absolute atomic E-state index is 13.4. The molecule has 0 bridgehead atoms. The van der Waals surface area contributed by atoms with E-state index in [9.17, 15) is 24.3 Å². The Morgan fingerprint density at radius 2 is 1.84 bits per heavy atom. The van der Waals surface area contributed by atoms with E-state index in [1.165, 1.54) is 4.90 Å². The monoisotopic (exact) mass is 432 g/mol. The highest BCUT2D eigenvalue weighted by Crippen LogP contribution is 2.28. The second-order valence-electron chi connectivity index (χ2n) is 8.52. The summed E-state index contributed by atoms with van der Waals surface area (Å²) in [6, 6.07) is 6.23. The summed E-state index contributed by atoms with van der Waals surface area (Å²) < 4.78 is 0. The van der Waals surface area contributed by atoms with Crippen LogP contribution in [0.5, 0.6) is 0 Å². The molecule has 1 aliphatic rings. The van der Waals surface area contributed by atoms with E-state index in [0.29, 0.717) is 12.8 Å². The van der Waals surface area contributed by atoms with E-state index in [2.05, 4.69) is 5.32 Å². The van der Waals surface area contributed by atoms with Crippen molar-refractivity contribution in [3.8, 4) is 0 Å². The first kappa shape index (κ1) is 24.3. The Hall–Kier alpha value is -2.94. The number of aliphatic carboxylic acids is 1. The Morgan fingerprint density at radius 3 is 2.39 bits per heavy atom. The molecule has 0 saturated carbocycles. The minimum Gasteiger partial charge on any atom is -0.480 e. The molecule has 1 saturated heterocycles. The highest BCUT2D eigenvalue weighted by molar-refractivity contribution is 5.92. The van der Waals surface area contributed by atoms with Crippen LogP contribution in [0.25, 0.3) is 0 Å². The first-order chi connectivity index (χ1) is 14.6. The van der Waals surface area contributed by atoms with Crippen LogP contribution in [-0.4, -0.2) is 58.4 Å². The van der Waals surface area contributed by atoms with Crippen molar-refractivity contribution in [3.63, 3.8) is 0 Å². The fraction of sp³-hybridized carbons (Fsp3) is 0.545. The molecular weight excluding hydrogens is 400 g/mol. The van der Waals surface area contributed by atoms with Crippen LogP contribution in [0.15, 0.2) is 30.3 Å². The standard InChI is InChI=1S/C22H32N4O5/c1-13(2)10-16(23)20(28)25-17(11-14-6-4-3-5-7-14)21(29)26-9-8-15(12-18(24)27)19(26)22(30)31/h3-7,13,15-17,19H,8-12,23H2,1-2H3,(H2,24,27)(H,25,28)(H,30,31)/t15-,16+,17+,19+/m1/s1. The Morgan fingerprint density at radius 1 is 1.19 bits per heavy atom. The maximum atomic E-state index is 13.4. The summed E-state index contributed by atoms with van der Waals surface area (Å²) in [5, 5.41) is 12.4. The van der Waals surface area contributed by atoms with Crippen LogP contribution in [0, 0.1) is 11.8 Å². The van der Waals surface area contributed by atoms with Crippen LogP contribution in [0.1, 0.15) is 38.7 Å². The van der Waals surface area contributed by atoms with E-state index in [4.69, 9.17) is 11.5 Å². The van der Waals surface area contributed by atoms with Gasteiger partial charge in [0.1, 0.15) is 12.1 Å². The lowest BCUT2D eigenvalue weighted by Crippen LogP contribution is -2.56. The van der Waals surface area contributed by atoms with Crippen molar-refractivity contribution < 1.29 is 24.3 Å². The van der Waals surface area contributed by atoms with Gasteiger partial charge in [0.2, 0.25) is 17.7 Å². The lowest BCUT2D eigenvalue weighted by atomic mass is 9.96. The number of benzene rings is 1. The quantitative estimate of drug-likeness (QED) is 0.416. The van der Waals surface area contributed by atoms with E-state index in [1.807, 2.05) is 44.2 Å². The summed E-state index contributed by atoms with van der Waals surface area (Å²) in [6.45, 7) is 4.06. The third-order valence-electron chi connectivity index (χ3n) is 5.48. The molecule has 1 heterocycles. The molecular formula is C22H32N4O5. The zero-order chi connectivity index (χ0) is 23.1. The molecule has 0 radical (unpaired) electrons. The van der Waals surface area contributed by atoms with Gasteiger partial charge in [-0.05, 0) is 24.3 Å². The average Bonchev–Trinajstić information content (AvgIpc) is 3.10. The van der Waals surface area contributed by atoms with E-state index in [-0.39, 0.29) is 25.3 Å². The fourth-order valence-corrected chi connectivity index (χ4v) is 4.05. The van der Waals surface area contributed by atoms with Gasteiger partial charge in [0.05, 0.1) is 6.04 Å². The second-order valence-corrected chi connectivity index (χ2v) is 8.52. The minimum atomic E-state index is -1.20. The van der Waals surface area contributed by atoms with Crippen LogP contribution in [0.3, 0.4) is 0 Å². The molecule has 0 aliphatic carbocycles. The highest BCUT2D eigenvalue weighted by Gasteiger charge is 2.44. The summed E-state index contributed by atoms with van der Waals surface area (Å²) in [5.74, 6) is -3.13. The lowest BCUT2D eigenvalue weighted by molar-refractivity contribution is -0.151. The molecule has 1 fully saturated rings. The van der Waals surface area contributed by atoms with Crippen molar-refractivity contribution in [1.29, 1.82) is 0 Å². The van der Waals surface area contributed by atoms with Crippen molar-refractivity contribution in [3.05, 3.63) is 35.9 Å². The van der Waals surface area contributed by atoms with Crippen molar-refractivity contribution in [2.45, 2.75) is 57.7 Å². The number of carbonyl (C=O) groups is 4. The molecule has 1 aliphatic heterocycles. The molecule has 0 spiro atoms. The van der Waals surface area contributed by atoms with E-state index < -0.39 is 47.7 Å². The number of hydrogen-bond acceptors (Lipinski definition) is 5. The van der Waals surface area contributed by atoms with Gasteiger partial charge in [-0.15, -0.1) is 0 Å². The van der Waals surface area contributed by atoms with Gasteiger partial charge in [-0.25, -0.2) is 4.79 Å². The van der Waals surface area contributed by atoms with Gasteiger partial charge in [0.25, 0.3) is 0 Å². The molecule has 9 nitrogen and oxygen atoms in total. The number of rotatable bonds is 10. The zero-order valence-corrected chi connectivity index (χ0v) is 18.0. The van der Waals surface area contributed by atoms with Crippen LogP contribution < -0.4 is 16.8 Å². The number of primary amides is 1. The first-order valence-corrected chi connectivity index (χ1v) is 10.5. The van der Waals surface area contributed by atoms with Gasteiger partial charge in [-0.3, -0.25) is 14.4 Å². The molecule has 31 heavy (non-hydrogen) atoms. The first-order valence-electron chi connectivity index (χ1n) is 10.5. The molecule has 1 aromatic carbocycles. The number of carboxylic acid groups (broad SMARTS) is 1. The molecule has 4 atom stereocenters. The summed E-state index contributed by atoms with van der Waals surface area (Å²) in [6.07, 6.45) is 0.892. The van der Waals surface area contributed by atoms with E-state index in [0.717, 1.165) is 5.56 Å². The van der Waals surface area contributed by atoms with Gasteiger partial charge >= 0.3 is 5.97 Å². The summed E-state index contributed by atoms with van der Waals surface area (Å²) >= 11 is 0. The van der Waals surface area contributed by atoms with Gasteiger partial charge in [-0.1, -0.05) is 44.2 Å². The third kappa shape index (κ3) is 6.78. The van der Waals surface area contributed by atoms with E-state index >= 15 is 0 Å².